The molecular formula is C13H21FN2O3S. The number of rotatable bonds is 6. The third-order valence-corrected chi connectivity index (χ3v) is 4.55. The molecule has 7 heteroatoms. The van der Waals surface area contributed by atoms with Crippen LogP contribution < -0.4 is 10.5 Å². The monoisotopic (exact) mass is 304 g/mol. The number of hydrogen-bond acceptors (Lipinski definition) is 4. The zero-order valence-corrected chi connectivity index (χ0v) is 12.7. The van der Waals surface area contributed by atoms with Gasteiger partial charge in [0.2, 0.25) is 10.0 Å². The minimum Gasteiger partial charge on any atom is -0.399 e. The van der Waals surface area contributed by atoms with Crippen LogP contribution in [0.25, 0.3) is 0 Å². The van der Waals surface area contributed by atoms with Gasteiger partial charge in [0.25, 0.3) is 0 Å². The second kappa shape index (κ2) is 6.51. The molecule has 1 aromatic rings. The van der Waals surface area contributed by atoms with Crippen LogP contribution >= 0.6 is 0 Å². The summed E-state index contributed by atoms with van der Waals surface area (Å²) in [6, 6.07) is 1.68. The molecule has 114 valence electrons. The third-order valence-electron chi connectivity index (χ3n) is 2.91. The fraction of sp³-hybridized carbons (Fsp3) is 0.538. The number of halogens is 1. The number of nitrogen functional groups attached to an aromatic ring is 1. The first-order valence-electron chi connectivity index (χ1n) is 6.36. The Morgan fingerprint density at radius 1 is 1.40 bits per heavy atom. The van der Waals surface area contributed by atoms with Gasteiger partial charge in [-0.1, -0.05) is 13.8 Å². The summed E-state index contributed by atoms with van der Waals surface area (Å²) in [5, 5.41) is 9.24. The van der Waals surface area contributed by atoms with E-state index < -0.39 is 21.9 Å². The Morgan fingerprint density at radius 3 is 2.50 bits per heavy atom. The van der Waals surface area contributed by atoms with Crippen molar-refractivity contribution in [1.82, 2.24) is 4.72 Å². The summed E-state index contributed by atoms with van der Waals surface area (Å²) in [6.45, 7) is 4.89. The van der Waals surface area contributed by atoms with Crippen molar-refractivity contribution in [2.45, 2.75) is 38.1 Å². The lowest BCUT2D eigenvalue weighted by Gasteiger charge is -2.19. The molecule has 4 N–H and O–H groups in total. The lowest BCUT2D eigenvalue weighted by molar-refractivity contribution is 0.240. The Hall–Kier alpha value is -1.18. The summed E-state index contributed by atoms with van der Waals surface area (Å²) in [5.74, 6) is -0.455. The normalized spacial score (nSPS) is 13.7. The molecule has 1 unspecified atom stereocenters. The van der Waals surface area contributed by atoms with E-state index in [1.807, 2.05) is 13.8 Å². The Balaban J connectivity index is 3.11. The lowest BCUT2D eigenvalue weighted by Crippen LogP contribution is -2.38. The van der Waals surface area contributed by atoms with E-state index in [-0.39, 0.29) is 28.7 Å². The molecule has 5 nitrogen and oxygen atoms in total. The van der Waals surface area contributed by atoms with Crippen LogP contribution in [0, 0.1) is 18.7 Å². The lowest BCUT2D eigenvalue weighted by atomic mass is 10.1. The number of nitrogens with two attached hydrogens (primary N) is 1. The molecule has 1 atom stereocenters. The molecule has 0 fully saturated rings. The summed E-state index contributed by atoms with van der Waals surface area (Å²) in [4.78, 5) is -0.197. The highest BCUT2D eigenvalue weighted by Gasteiger charge is 2.23. The summed E-state index contributed by atoms with van der Waals surface area (Å²) >= 11 is 0. The van der Waals surface area contributed by atoms with Crippen LogP contribution in [-0.4, -0.2) is 26.2 Å². The van der Waals surface area contributed by atoms with Crippen LogP contribution in [-0.2, 0) is 10.0 Å². The van der Waals surface area contributed by atoms with Crippen LogP contribution in [0.1, 0.15) is 25.8 Å². The molecule has 0 aliphatic carbocycles. The molecule has 0 aliphatic heterocycles. The number of benzene rings is 1. The Morgan fingerprint density at radius 2 is 2.00 bits per heavy atom. The van der Waals surface area contributed by atoms with Gasteiger partial charge in [0.1, 0.15) is 5.82 Å². The van der Waals surface area contributed by atoms with Gasteiger partial charge in [-0.25, -0.2) is 17.5 Å². The molecule has 0 radical (unpaired) electrons. The van der Waals surface area contributed by atoms with Crippen molar-refractivity contribution in [3.8, 4) is 0 Å². The molecule has 20 heavy (non-hydrogen) atoms. The number of aliphatic hydroxyl groups excluding tert-OH is 1. The zero-order valence-electron chi connectivity index (χ0n) is 11.9. The summed E-state index contributed by atoms with van der Waals surface area (Å²) in [7, 11) is -3.92. The van der Waals surface area contributed by atoms with Crippen LogP contribution in [0.4, 0.5) is 10.1 Å². The number of hydrogen-bond donors (Lipinski definition) is 3. The predicted molar refractivity (Wildman–Crippen MR) is 76.2 cm³/mol. The summed E-state index contributed by atoms with van der Waals surface area (Å²) in [6.07, 6.45) is 0.486. The van der Waals surface area contributed by atoms with Crippen molar-refractivity contribution in [3.63, 3.8) is 0 Å². The van der Waals surface area contributed by atoms with E-state index in [0.717, 1.165) is 6.07 Å². The van der Waals surface area contributed by atoms with Gasteiger partial charge in [-0.05, 0) is 31.4 Å². The molecule has 0 aromatic heterocycles. The minimum absolute atomic E-state index is 0.00735. The first-order chi connectivity index (χ1) is 9.17. The second-order valence-electron chi connectivity index (χ2n) is 5.26. The highest BCUT2D eigenvalue weighted by molar-refractivity contribution is 7.89. The highest BCUT2D eigenvalue weighted by atomic mass is 32.2. The molecule has 0 saturated carbocycles. The van der Waals surface area contributed by atoms with E-state index in [1.54, 1.807) is 0 Å². The van der Waals surface area contributed by atoms with Crippen molar-refractivity contribution in [2.75, 3.05) is 12.3 Å². The number of nitrogens with one attached hydrogen (secondary N) is 1. The van der Waals surface area contributed by atoms with E-state index in [2.05, 4.69) is 4.72 Å². The van der Waals surface area contributed by atoms with Gasteiger partial charge in [-0.2, -0.15) is 0 Å². The largest absolute Gasteiger partial charge is 0.399 e. The van der Waals surface area contributed by atoms with Gasteiger partial charge in [-0.3, -0.25) is 0 Å². The molecule has 0 amide bonds. The summed E-state index contributed by atoms with van der Waals surface area (Å²) < 4.78 is 40.5. The molecule has 0 saturated heterocycles. The fourth-order valence-electron chi connectivity index (χ4n) is 1.96. The molecule has 0 spiro atoms. The fourth-order valence-corrected chi connectivity index (χ4v) is 3.49. The quantitative estimate of drug-likeness (QED) is 0.693. The minimum atomic E-state index is -3.92. The Labute approximate surface area is 119 Å². The average molecular weight is 304 g/mol. The number of anilines is 1. The molecule has 1 rings (SSSR count). The smallest absolute Gasteiger partial charge is 0.241 e. The predicted octanol–water partition coefficient (Wildman–Crippen LogP) is 1.40. The van der Waals surface area contributed by atoms with Gasteiger partial charge in [0.05, 0.1) is 11.5 Å². The van der Waals surface area contributed by atoms with Gasteiger partial charge < -0.3 is 10.8 Å². The first kappa shape index (κ1) is 16.9. The number of sulfonamides is 1. The van der Waals surface area contributed by atoms with Gasteiger partial charge in [0, 0.05) is 17.3 Å². The molecule has 0 heterocycles. The van der Waals surface area contributed by atoms with Crippen molar-refractivity contribution in [3.05, 3.63) is 23.5 Å². The topological polar surface area (TPSA) is 92.4 Å². The SMILES string of the molecule is Cc1c(F)cc(N)cc1S(=O)(=O)NC(CO)CC(C)C. The third kappa shape index (κ3) is 4.16. The van der Waals surface area contributed by atoms with E-state index in [1.165, 1.54) is 13.0 Å². The second-order valence-corrected chi connectivity index (χ2v) is 6.94. The van der Waals surface area contributed by atoms with Gasteiger partial charge in [-0.15, -0.1) is 0 Å². The van der Waals surface area contributed by atoms with E-state index in [0.29, 0.717) is 6.42 Å². The van der Waals surface area contributed by atoms with Crippen molar-refractivity contribution in [1.29, 1.82) is 0 Å². The molecule has 0 bridgehead atoms. The average Bonchev–Trinajstić information content (AvgIpc) is 2.31. The standard InChI is InChI=1S/C13H21FN2O3S/c1-8(2)4-11(7-17)16-20(18,19)13-6-10(15)5-12(14)9(13)3/h5-6,8,11,16-17H,4,7,15H2,1-3H3. The van der Waals surface area contributed by atoms with Crippen LogP contribution in [0.3, 0.4) is 0 Å². The van der Waals surface area contributed by atoms with E-state index in [9.17, 15) is 17.9 Å². The Kier molecular flexibility index (Phi) is 5.50. The first-order valence-corrected chi connectivity index (χ1v) is 7.84. The number of aliphatic hydroxyl groups is 1. The van der Waals surface area contributed by atoms with Crippen LogP contribution in [0.5, 0.6) is 0 Å². The van der Waals surface area contributed by atoms with Crippen LogP contribution in [0.2, 0.25) is 0 Å². The van der Waals surface area contributed by atoms with Crippen LogP contribution in [0.15, 0.2) is 17.0 Å². The summed E-state index contributed by atoms with van der Waals surface area (Å²) in [5.41, 5.74) is 5.53. The van der Waals surface area contributed by atoms with Crippen molar-refractivity contribution >= 4 is 15.7 Å². The maximum Gasteiger partial charge on any atom is 0.241 e. The maximum atomic E-state index is 13.6. The maximum absolute atomic E-state index is 13.6. The Bertz CT molecular complexity index is 573. The highest BCUT2D eigenvalue weighted by Crippen LogP contribution is 2.22. The van der Waals surface area contributed by atoms with Crippen molar-refractivity contribution in [2.24, 2.45) is 5.92 Å². The van der Waals surface area contributed by atoms with Gasteiger partial charge >= 0.3 is 0 Å². The van der Waals surface area contributed by atoms with E-state index in [4.69, 9.17) is 5.73 Å². The van der Waals surface area contributed by atoms with Crippen molar-refractivity contribution < 1.29 is 17.9 Å². The molecule has 1 aromatic carbocycles. The zero-order chi connectivity index (χ0) is 15.5. The molecule has 0 aliphatic rings. The van der Waals surface area contributed by atoms with E-state index >= 15 is 0 Å². The molecular weight excluding hydrogens is 283 g/mol. The van der Waals surface area contributed by atoms with Gasteiger partial charge in [0.15, 0.2) is 0 Å².